The molecule has 31 heavy (non-hydrogen) atoms. The number of thiazole rings is 1. The highest BCUT2D eigenvalue weighted by Crippen LogP contribution is 2.34. The lowest BCUT2D eigenvalue weighted by atomic mass is 9.97. The van der Waals surface area contributed by atoms with Crippen molar-refractivity contribution in [3.63, 3.8) is 0 Å². The molecule has 2 atom stereocenters. The number of carbonyl (C=O) groups is 1. The molecule has 2 aromatic heterocycles. The molecule has 4 heterocycles. The summed E-state index contributed by atoms with van der Waals surface area (Å²) in [6.07, 6.45) is 4.24. The van der Waals surface area contributed by atoms with Crippen LogP contribution in [0.1, 0.15) is 36.9 Å². The minimum Gasteiger partial charge on any atom is -0.376 e. The summed E-state index contributed by atoms with van der Waals surface area (Å²) in [5, 5.41) is 8.80. The Labute approximate surface area is 186 Å². The lowest BCUT2D eigenvalue weighted by Crippen LogP contribution is -2.44. The maximum Gasteiger partial charge on any atom is 0.224 e. The summed E-state index contributed by atoms with van der Waals surface area (Å²) < 4.78 is 8.67. The van der Waals surface area contributed by atoms with Crippen molar-refractivity contribution >= 4 is 32.7 Å². The molecule has 164 valence electrons. The van der Waals surface area contributed by atoms with Crippen LogP contribution in [0.15, 0.2) is 24.3 Å². The number of ether oxygens (including phenoxy) is 1. The maximum absolute atomic E-state index is 12.8. The fourth-order valence-corrected chi connectivity index (χ4v) is 5.47. The van der Waals surface area contributed by atoms with Gasteiger partial charge in [-0.1, -0.05) is 29.0 Å². The Morgan fingerprint density at radius 1 is 1.23 bits per heavy atom. The van der Waals surface area contributed by atoms with Crippen molar-refractivity contribution in [3.05, 3.63) is 35.5 Å². The van der Waals surface area contributed by atoms with Gasteiger partial charge in [0, 0.05) is 26.2 Å². The number of carbonyl (C=O) groups excluding carboxylic acids is 1. The van der Waals surface area contributed by atoms with Gasteiger partial charge in [-0.2, -0.15) is 10.1 Å². The van der Waals surface area contributed by atoms with E-state index in [-0.39, 0.29) is 17.9 Å². The van der Waals surface area contributed by atoms with Gasteiger partial charge in [-0.3, -0.25) is 4.79 Å². The van der Waals surface area contributed by atoms with E-state index in [9.17, 15) is 4.79 Å². The van der Waals surface area contributed by atoms with Crippen molar-refractivity contribution in [2.24, 2.45) is 5.92 Å². The summed E-state index contributed by atoms with van der Waals surface area (Å²) in [6.45, 7) is 7.20. The van der Waals surface area contributed by atoms with E-state index in [2.05, 4.69) is 41.4 Å². The van der Waals surface area contributed by atoms with Crippen LogP contribution < -0.4 is 10.2 Å². The lowest BCUT2D eigenvalue weighted by Gasteiger charge is -2.31. The molecule has 0 bridgehead atoms. The zero-order chi connectivity index (χ0) is 21.4. The number of anilines is 1. The predicted molar refractivity (Wildman–Crippen MR) is 123 cm³/mol. The largest absolute Gasteiger partial charge is 0.376 e. The third-order valence-corrected chi connectivity index (χ3v) is 7.46. The van der Waals surface area contributed by atoms with Gasteiger partial charge in [0.25, 0.3) is 0 Å². The second-order valence-electron chi connectivity index (χ2n) is 8.65. The maximum atomic E-state index is 12.8. The third-order valence-electron chi connectivity index (χ3n) is 6.25. The van der Waals surface area contributed by atoms with Crippen LogP contribution in [0.25, 0.3) is 16.0 Å². The van der Waals surface area contributed by atoms with Gasteiger partial charge < -0.3 is 15.0 Å². The molecule has 2 fully saturated rings. The first kappa shape index (κ1) is 20.5. The number of piperidine rings is 1. The van der Waals surface area contributed by atoms with Crippen molar-refractivity contribution in [3.8, 4) is 5.69 Å². The van der Waals surface area contributed by atoms with Gasteiger partial charge in [0.1, 0.15) is 0 Å². The Kier molecular flexibility index (Phi) is 5.67. The minimum atomic E-state index is -0.00291. The van der Waals surface area contributed by atoms with Crippen molar-refractivity contribution in [2.45, 2.75) is 45.6 Å². The molecule has 3 aromatic rings. The van der Waals surface area contributed by atoms with Crippen LogP contribution in [-0.4, -0.2) is 53.0 Å². The van der Waals surface area contributed by atoms with Crippen molar-refractivity contribution in [1.82, 2.24) is 20.1 Å². The molecule has 2 saturated heterocycles. The van der Waals surface area contributed by atoms with Gasteiger partial charge in [-0.25, -0.2) is 4.68 Å². The average molecular weight is 440 g/mol. The van der Waals surface area contributed by atoms with E-state index >= 15 is 0 Å². The van der Waals surface area contributed by atoms with Gasteiger partial charge in [0.05, 0.1) is 28.1 Å². The van der Waals surface area contributed by atoms with Gasteiger partial charge in [-0.15, -0.1) is 0 Å². The molecule has 7 nitrogen and oxygen atoms in total. The quantitative estimate of drug-likeness (QED) is 0.658. The van der Waals surface area contributed by atoms with Crippen LogP contribution in [0.3, 0.4) is 0 Å². The lowest BCUT2D eigenvalue weighted by molar-refractivity contribution is -0.125. The number of aryl methyl sites for hydroxylation is 2. The van der Waals surface area contributed by atoms with E-state index < -0.39 is 0 Å². The highest BCUT2D eigenvalue weighted by Gasteiger charge is 2.29. The first-order valence-electron chi connectivity index (χ1n) is 11.2. The van der Waals surface area contributed by atoms with Gasteiger partial charge in [-0.05, 0) is 51.7 Å². The van der Waals surface area contributed by atoms with Crippen LogP contribution in [0.2, 0.25) is 0 Å². The van der Waals surface area contributed by atoms with E-state index in [1.165, 1.54) is 5.56 Å². The molecule has 5 rings (SSSR count). The highest BCUT2D eigenvalue weighted by molar-refractivity contribution is 7.22. The molecule has 0 radical (unpaired) electrons. The number of hydrogen-bond donors (Lipinski definition) is 1. The summed E-state index contributed by atoms with van der Waals surface area (Å²) >= 11 is 1.68. The molecule has 2 aliphatic rings. The molecule has 1 N–H and O–H groups in total. The fraction of sp³-hybridized carbons (Fsp3) is 0.522. The zero-order valence-corrected chi connectivity index (χ0v) is 19.0. The molecule has 1 aromatic carbocycles. The molecule has 0 unspecified atom stereocenters. The summed E-state index contributed by atoms with van der Waals surface area (Å²) in [4.78, 5) is 20.0. The SMILES string of the molecule is Cc1ccc(-n2nc(C)c3sc(N4CCC[C@@H](C(=O)NC[C@H]5CCCO5)C4)nc32)cc1. The second kappa shape index (κ2) is 8.59. The number of amides is 1. The number of aromatic nitrogens is 3. The van der Waals surface area contributed by atoms with Crippen LogP contribution >= 0.6 is 11.3 Å². The number of nitrogens with zero attached hydrogens (tertiary/aromatic N) is 4. The smallest absolute Gasteiger partial charge is 0.224 e. The number of benzene rings is 1. The van der Waals surface area contributed by atoms with Gasteiger partial charge >= 0.3 is 0 Å². The van der Waals surface area contributed by atoms with E-state index in [0.717, 1.165) is 65.7 Å². The minimum absolute atomic E-state index is 0.00291. The number of rotatable bonds is 5. The van der Waals surface area contributed by atoms with Gasteiger partial charge in [0.2, 0.25) is 5.91 Å². The molecule has 0 saturated carbocycles. The van der Waals surface area contributed by atoms with Crippen molar-refractivity contribution < 1.29 is 9.53 Å². The topological polar surface area (TPSA) is 72.3 Å². The van der Waals surface area contributed by atoms with Crippen LogP contribution in [0.5, 0.6) is 0 Å². The Morgan fingerprint density at radius 2 is 2.06 bits per heavy atom. The number of hydrogen-bond acceptors (Lipinski definition) is 6. The molecule has 0 aliphatic carbocycles. The summed E-state index contributed by atoms with van der Waals surface area (Å²) in [5.41, 5.74) is 4.12. The summed E-state index contributed by atoms with van der Waals surface area (Å²) in [6, 6.07) is 8.34. The first-order chi connectivity index (χ1) is 15.1. The molecule has 8 heteroatoms. The highest BCUT2D eigenvalue weighted by atomic mass is 32.1. The first-order valence-corrected chi connectivity index (χ1v) is 12.0. The molecule has 1 amide bonds. The number of fused-ring (bicyclic) bond motifs is 1. The van der Waals surface area contributed by atoms with E-state index in [1.807, 2.05) is 11.6 Å². The Balaban J connectivity index is 1.32. The Hall–Kier alpha value is -2.45. The van der Waals surface area contributed by atoms with E-state index in [1.54, 1.807) is 11.3 Å². The second-order valence-corrected chi connectivity index (χ2v) is 9.62. The third kappa shape index (κ3) is 4.19. The molecule has 2 aliphatic heterocycles. The number of nitrogens with one attached hydrogen (secondary N) is 1. The van der Waals surface area contributed by atoms with Gasteiger partial charge in [0.15, 0.2) is 10.8 Å². The van der Waals surface area contributed by atoms with Crippen LogP contribution in [0, 0.1) is 19.8 Å². The fourth-order valence-electron chi connectivity index (χ4n) is 4.45. The normalized spacial score (nSPS) is 21.7. The van der Waals surface area contributed by atoms with Crippen molar-refractivity contribution in [2.75, 3.05) is 31.1 Å². The van der Waals surface area contributed by atoms with Crippen LogP contribution in [0.4, 0.5) is 5.13 Å². The van der Waals surface area contributed by atoms with E-state index in [0.29, 0.717) is 13.1 Å². The average Bonchev–Trinajstić information content (AvgIpc) is 3.52. The van der Waals surface area contributed by atoms with Crippen molar-refractivity contribution in [1.29, 1.82) is 0 Å². The Bertz CT molecular complexity index is 1070. The summed E-state index contributed by atoms with van der Waals surface area (Å²) in [7, 11) is 0. The predicted octanol–water partition coefficient (Wildman–Crippen LogP) is 3.61. The molecular formula is C23H29N5O2S. The standard InChI is InChI=1S/C23H29N5O2S/c1-15-7-9-18(10-8-15)28-21-20(16(2)26-28)31-23(25-21)27-11-3-5-17(14-27)22(29)24-13-19-6-4-12-30-19/h7-10,17,19H,3-6,11-14H2,1-2H3,(H,24,29)/t17-,19-/m1/s1. The van der Waals surface area contributed by atoms with E-state index in [4.69, 9.17) is 14.8 Å². The monoisotopic (exact) mass is 439 g/mol. The molecular weight excluding hydrogens is 410 g/mol. The summed E-state index contributed by atoms with van der Waals surface area (Å²) in [5.74, 6) is 0.139. The zero-order valence-electron chi connectivity index (χ0n) is 18.1. The van der Waals surface area contributed by atoms with Crippen LogP contribution in [-0.2, 0) is 9.53 Å². The molecule has 0 spiro atoms. The Morgan fingerprint density at radius 3 is 2.84 bits per heavy atom.